The van der Waals surface area contributed by atoms with Gasteiger partial charge in [0.25, 0.3) is 0 Å². The van der Waals surface area contributed by atoms with Gasteiger partial charge in [0.15, 0.2) is 0 Å². The lowest BCUT2D eigenvalue weighted by Gasteiger charge is -2.13. The second-order valence-electron chi connectivity index (χ2n) is 6.44. The molecule has 1 saturated carbocycles. The van der Waals surface area contributed by atoms with Crippen molar-refractivity contribution < 1.29 is 15.0 Å². The highest BCUT2D eigenvalue weighted by molar-refractivity contribution is 5.85. The molecule has 2 aromatic rings. The van der Waals surface area contributed by atoms with E-state index in [2.05, 4.69) is 6.07 Å². The summed E-state index contributed by atoms with van der Waals surface area (Å²) in [5, 5.41) is 19.3. The fourth-order valence-electron chi connectivity index (χ4n) is 3.52. The van der Waals surface area contributed by atoms with Crippen LogP contribution in [-0.2, 0) is 16.6 Å². The van der Waals surface area contributed by atoms with Gasteiger partial charge in [0, 0.05) is 0 Å². The smallest absolute Gasteiger partial charge is 0.314 e. The molecule has 0 saturated heterocycles. The lowest BCUT2D eigenvalue weighted by atomic mass is 9.92. The van der Waals surface area contributed by atoms with Gasteiger partial charge in [-0.2, -0.15) is 0 Å². The zero-order valence-corrected chi connectivity index (χ0v) is 12.2. The summed E-state index contributed by atoms with van der Waals surface area (Å²) in [4.78, 5) is 11.5. The third-order valence-electron chi connectivity index (χ3n) is 5.10. The van der Waals surface area contributed by atoms with Gasteiger partial charge in [0.2, 0.25) is 0 Å². The van der Waals surface area contributed by atoms with Gasteiger partial charge < -0.3 is 10.2 Å². The first-order chi connectivity index (χ1) is 10.6. The number of carbonyl (C=O) groups is 1. The number of aryl methyl sites for hydroxylation is 1. The Hall–Kier alpha value is -2.13. The molecule has 2 aliphatic carbocycles. The van der Waals surface area contributed by atoms with Crippen LogP contribution in [0.25, 0.3) is 11.1 Å². The fourth-order valence-corrected chi connectivity index (χ4v) is 3.52. The molecule has 22 heavy (non-hydrogen) atoms. The molecule has 0 heterocycles. The number of hydrogen-bond donors (Lipinski definition) is 2. The molecule has 0 aliphatic heterocycles. The van der Waals surface area contributed by atoms with Crippen LogP contribution >= 0.6 is 0 Å². The van der Waals surface area contributed by atoms with E-state index in [-0.39, 0.29) is 6.10 Å². The fraction of sp³-hybridized carbons (Fsp3) is 0.316. The first kappa shape index (κ1) is 13.5. The number of carboxylic acids is 1. The topological polar surface area (TPSA) is 57.5 Å². The summed E-state index contributed by atoms with van der Waals surface area (Å²) in [5.74, 6) is -0.721. The van der Waals surface area contributed by atoms with E-state index in [1.165, 1.54) is 5.56 Å². The highest BCUT2D eigenvalue weighted by Gasteiger charge is 2.51. The van der Waals surface area contributed by atoms with Gasteiger partial charge in [-0.05, 0) is 53.5 Å². The Morgan fingerprint density at radius 2 is 1.86 bits per heavy atom. The average molecular weight is 294 g/mol. The van der Waals surface area contributed by atoms with Crippen molar-refractivity contribution in [2.24, 2.45) is 0 Å². The maximum Gasteiger partial charge on any atom is 0.314 e. The van der Waals surface area contributed by atoms with Crippen molar-refractivity contribution in [2.45, 2.75) is 37.2 Å². The lowest BCUT2D eigenvalue weighted by Crippen LogP contribution is -2.19. The number of aliphatic hydroxyl groups is 1. The molecular weight excluding hydrogens is 276 g/mol. The number of aliphatic hydroxyl groups excluding tert-OH is 1. The molecule has 2 N–H and O–H groups in total. The molecule has 0 aromatic heterocycles. The first-order valence-electron chi connectivity index (χ1n) is 7.75. The molecule has 3 nitrogen and oxygen atoms in total. The van der Waals surface area contributed by atoms with Crippen LogP contribution in [0.3, 0.4) is 0 Å². The van der Waals surface area contributed by atoms with Crippen LogP contribution < -0.4 is 0 Å². The van der Waals surface area contributed by atoms with Crippen LogP contribution in [0.5, 0.6) is 0 Å². The van der Waals surface area contributed by atoms with E-state index in [0.29, 0.717) is 0 Å². The van der Waals surface area contributed by atoms with Crippen molar-refractivity contribution in [1.82, 2.24) is 0 Å². The summed E-state index contributed by atoms with van der Waals surface area (Å²) < 4.78 is 0. The Morgan fingerprint density at radius 3 is 2.59 bits per heavy atom. The summed E-state index contributed by atoms with van der Waals surface area (Å²) in [5.41, 5.74) is 4.62. The maximum atomic E-state index is 11.5. The Kier molecular flexibility index (Phi) is 2.88. The molecule has 0 radical (unpaired) electrons. The maximum absolute atomic E-state index is 11.5. The minimum absolute atomic E-state index is 0.336. The van der Waals surface area contributed by atoms with E-state index in [1.807, 2.05) is 36.4 Å². The number of rotatable bonds is 3. The van der Waals surface area contributed by atoms with Gasteiger partial charge in [0.05, 0.1) is 11.5 Å². The van der Waals surface area contributed by atoms with E-state index in [4.69, 9.17) is 0 Å². The van der Waals surface area contributed by atoms with Crippen molar-refractivity contribution in [1.29, 1.82) is 0 Å². The molecule has 1 atom stereocenters. The molecule has 0 spiro atoms. The summed E-state index contributed by atoms with van der Waals surface area (Å²) in [7, 11) is 0. The third-order valence-corrected chi connectivity index (χ3v) is 5.10. The predicted molar refractivity (Wildman–Crippen MR) is 83.7 cm³/mol. The SMILES string of the molecule is O=C(O)C1(c2cccc(-c3ccc4c(c3)CC[C@@H]4O)c2)CC1. The van der Waals surface area contributed by atoms with Crippen molar-refractivity contribution in [2.75, 3.05) is 0 Å². The molecule has 4 rings (SSSR count). The number of fused-ring (bicyclic) bond motifs is 1. The quantitative estimate of drug-likeness (QED) is 0.911. The second kappa shape index (κ2) is 4.68. The van der Waals surface area contributed by atoms with Gasteiger partial charge >= 0.3 is 5.97 Å². The minimum atomic E-state index is -0.721. The van der Waals surface area contributed by atoms with E-state index in [1.54, 1.807) is 0 Å². The molecule has 2 aromatic carbocycles. The number of hydrogen-bond acceptors (Lipinski definition) is 2. The number of benzene rings is 2. The zero-order chi connectivity index (χ0) is 15.3. The normalized spacial score (nSPS) is 21.4. The third kappa shape index (κ3) is 1.97. The molecule has 1 fully saturated rings. The second-order valence-corrected chi connectivity index (χ2v) is 6.44. The van der Waals surface area contributed by atoms with E-state index >= 15 is 0 Å². The average Bonchev–Trinajstić information content (AvgIpc) is 3.27. The van der Waals surface area contributed by atoms with E-state index in [0.717, 1.165) is 47.9 Å². The monoisotopic (exact) mass is 294 g/mol. The lowest BCUT2D eigenvalue weighted by molar-refractivity contribution is -0.140. The van der Waals surface area contributed by atoms with Gasteiger partial charge in [-0.25, -0.2) is 0 Å². The minimum Gasteiger partial charge on any atom is -0.481 e. The molecular formula is C19H18O3. The summed E-state index contributed by atoms with van der Waals surface area (Å²) >= 11 is 0. The summed E-state index contributed by atoms with van der Waals surface area (Å²) in [6.45, 7) is 0. The van der Waals surface area contributed by atoms with Gasteiger partial charge in [-0.15, -0.1) is 0 Å². The van der Waals surface area contributed by atoms with Gasteiger partial charge in [-0.3, -0.25) is 4.79 Å². The van der Waals surface area contributed by atoms with Gasteiger partial charge in [0.1, 0.15) is 0 Å². The van der Waals surface area contributed by atoms with Crippen molar-refractivity contribution in [3.63, 3.8) is 0 Å². The van der Waals surface area contributed by atoms with E-state index < -0.39 is 11.4 Å². The standard InChI is InChI=1S/C19H18O3/c20-17-7-5-14-10-13(4-6-16(14)17)12-2-1-3-15(11-12)19(8-9-19)18(21)22/h1-4,6,10-11,17,20H,5,7-9H2,(H,21,22)/t17-/m0/s1. The highest BCUT2D eigenvalue weighted by Crippen LogP contribution is 2.49. The number of carboxylic acid groups (broad SMARTS) is 1. The zero-order valence-electron chi connectivity index (χ0n) is 12.2. The Labute approximate surface area is 129 Å². The van der Waals surface area contributed by atoms with Crippen LogP contribution in [0.15, 0.2) is 42.5 Å². The summed E-state index contributed by atoms with van der Waals surface area (Å²) in [6.07, 6.45) is 2.81. The Balaban J connectivity index is 1.74. The molecule has 2 aliphatic rings. The first-order valence-corrected chi connectivity index (χ1v) is 7.75. The van der Waals surface area contributed by atoms with Crippen LogP contribution in [0.2, 0.25) is 0 Å². The molecule has 3 heteroatoms. The van der Waals surface area contributed by atoms with Crippen LogP contribution in [0.4, 0.5) is 0 Å². The summed E-state index contributed by atoms with van der Waals surface area (Å²) in [6, 6.07) is 14.0. The Morgan fingerprint density at radius 1 is 1.09 bits per heavy atom. The van der Waals surface area contributed by atoms with Crippen LogP contribution in [-0.4, -0.2) is 16.2 Å². The molecule has 0 bridgehead atoms. The van der Waals surface area contributed by atoms with Crippen molar-refractivity contribution in [3.8, 4) is 11.1 Å². The predicted octanol–water partition coefficient (Wildman–Crippen LogP) is 3.45. The highest BCUT2D eigenvalue weighted by atomic mass is 16.4. The van der Waals surface area contributed by atoms with Gasteiger partial charge in [-0.1, -0.05) is 42.5 Å². The van der Waals surface area contributed by atoms with Crippen molar-refractivity contribution in [3.05, 3.63) is 59.2 Å². The largest absolute Gasteiger partial charge is 0.481 e. The van der Waals surface area contributed by atoms with E-state index in [9.17, 15) is 15.0 Å². The Bertz CT molecular complexity index is 759. The molecule has 112 valence electrons. The molecule has 0 amide bonds. The van der Waals surface area contributed by atoms with Crippen molar-refractivity contribution >= 4 is 5.97 Å². The number of aliphatic carboxylic acids is 1. The van der Waals surface area contributed by atoms with Crippen LogP contribution in [0.1, 0.15) is 42.1 Å². The van der Waals surface area contributed by atoms with Crippen LogP contribution in [0, 0.1) is 0 Å². The molecule has 0 unspecified atom stereocenters.